The summed E-state index contributed by atoms with van der Waals surface area (Å²) in [5.74, 6) is 1.74. The number of piperidine rings is 1. The number of hydrogen-bond acceptors (Lipinski definition) is 5. The van der Waals surface area contributed by atoms with Gasteiger partial charge in [-0.05, 0) is 12.8 Å². The Balaban J connectivity index is 1.50. The average molecular weight is 339 g/mol. The summed E-state index contributed by atoms with van der Waals surface area (Å²) in [7, 11) is 0. The highest BCUT2D eigenvalue weighted by atomic mass is 32.1. The van der Waals surface area contributed by atoms with Crippen molar-refractivity contribution >= 4 is 17.2 Å². The van der Waals surface area contributed by atoms with Gasteiger partial charge in [0.15, 0.2) is 5.82 Å². The molecule has 1 atom stereocenters. The Morgan fingerprint density at radius 3 is 2.96 bits per heavy atom. The molecular formula is C17H17N5OS. The van der Waals surface area contributed by atoms with Crippen LogP contribution in [0.2, 0.25) is 0 Å². The SMILES string of the molecule is O=C(c1cscn1)N1CCCC(c2nc(-c3ccccc3)n[nH]2)C1. The van der Waals surface area contributed by atoms with E-state index in [1.54, 1.807) is 10.9 Å². The fourth-order valence-corrected chi connectivity index (χ4v) is 3.56. The van der Waals surface area contributed by atoms with Gasteiger partial charge in [-0.2, -0.15) is 5.10 Å². The maximum absolute atomic E-state index is 12.5. The van der Waals surface area contributed by atoms with Crippen LogP contribution in [0.4, 0.5) is 0 Å². The number of nitrogens with zero attached hydrogens (tertiary/aromatic N) is 4. The molecule has 1 aromatic carbocycles. The van der Waals surface area contributed by atoms with Crippen molar-refractivity contribution in [1.82, 2.24) is 25.1 Å². The zero-order valence-corrected chi connectivity index (χ0v) is 13.9. The largest absolute Gasteiger partial charge is 0.337 e. The second-order valence-corrected chi connectivity index (χ2v) is 6.59. The molecule has 3 aromatic rings. The molecule has 0 radical (unpaired) electrons. The average Bonchev–Trinajstić information content (AvgIpc) is 3.34. The van der Waals surface area contributed by atoms with E-state index in [2.05, 4.69) is 20.2 Å². The fraction of sp³-hybridized carbons (Fsp3) is 0.294. The minimum absolute atomic E-state index is 0.00347. The number of rotatable bonds is 3. The zero-order chi connectivity index (χ0) is 16.4. The maximum atomic E-state index is 12.5. The first-order valence-electron chi connectivity index (χ1n) is 7.96. The number of carbonyl (C=O) groups excluding carboxylic acids is 1. The monoisotopic (exact) mass is 339 g/mol. The minimum Gasteiger partial charge on any atom is -0.337 e. The Labute approximate surface area is 143 Å². The van der Waals surface area contributed by atoms with Crippen LogP contribution in [-0.2, 0) is 0 Å². The van der Waals surface area contributed by atoms with Gasteiger partial charge in [0.25, 0.3) is 5.91 Å². The van der Waals surface area contributed by atoms with Gasteiger partial charge in [0.05, 0.1) is 5.51 Å². The lowest BCUT2D eigenvalue weighted by Crippen LogP contribution is -2.39. The molecule has 2 aromatic heterocycles. The second kappa shape index (κ2) is 6.52. The summed E-state index contributed by atoms with van der Waals surface area (Å²) in [5, 5.41) is 9.19. The zero-order valence-electron chi connectivity index (χ0n) is 13.1. The number of aromatic nitrogens is 4. The normalized spacial score (nSPS) is 17.8. The van der Waals surface area contributed by atoms with E-state index in [1.807, 2.05) is 35.2 Å². The number of nitrogens with one attached hydrogen (secondary N) is 1. The molecule has 122 valence electrons. The van der Waals surface area contributed by atoms with E-state index in [0.29, 0.717) is 18.1 Å². The molecule has 1 amide bonds. The van der Waals surface area contributed by atoms with Crippen LogP contribution >= 0.6 is 11.3 Å². The number of likely N-dealkylation sites (tertiary alicyclic amines) is 1. The van der Waals surface area contributed by atoms with Gasteiger partial charge in [-0.15, -0.1) is 11.3 Å². The summed E-state index contributed by atoms with van der Waals surface area (Å²) in [6.07, 6.45) is 1.96. The minimum atomic E-state index is 0.00347. The summed E-state index contributed by atoms with van der Waals surface area (Å²) >= 11 is 1.44. The third kappa shape index (κ3) is 2.94. The van der Waals surface area contributed by atoms with Crippen molar-refractivity contribution < 1.29 is 4.79 Å². The van der Waals surface area contributed by atoms with Crippen LogP contribution in [0.25, 0.3) is 11.4 Å². The molecule has 7 heteroatoms. The third-order valence-electron chi connectivity index (χ3n) is 4.28. The van der Waals surface area contributed by atoms with E-state index in [4.69, 9.17) is 0 Å². The topological polar surface area (TPSA) is 74.8 Å². The standard InChI is InChI=1S/C17H17N5OS/c23-17(14-10-24-11-18-14)22-8-4-7-13(9-22)16-19-15(20-21-16)12-5-2-1-3-6-12/h1-3,5-6,10-11,13H,4,7-9H2,(H,19,20,21). The molecule has 24 heavy (non-hydrogen) atoms. The number of aromatic amines is 1. The molecule has 1 fully saturated rings. The summed E-state index contributed by atoms with van der Waals surface area (Å²) in [5.41, 5.74) is 3.21. The number of hydrogen-bond donors (Lipinski definition) is 1. The van der Waals surface area contributed by atoms with Gasteiger partial charge in [0.2, 0.25) is 0 Å². The van der Waals surface area contributed by atoms with Crippen LogP contribution in [0.15, 0.2) is 41.2 Å². The Morgan fingerprint density at radius 1 is 1.29 bits per heavy atom. The highest BCUT2D eigenvalue weighted by Crippen LogP contribution is 2.27. The van der Waals surface area contributed by atoms with Crippen LogP contribution in [0.5, 0.6) is 0 Å². The van der Waals surface area contributed by atoms with E-state index in [0.717, 1.165) is 30.8 Å². The van der Waals surface area contributed by atoms with Crippen molar-refractivity contribution in [3.05, 3.63) is 52.7 Å². The van der Waals surface area contributed by atoms with Crippen LogP contribution in [0, 0.1) is 0 Å². The van der Waals surface area contributed by atoms with E-state index in [1.165, 1.54) is 11.3 Å². The summed E-state index contributed by atoms with van der Waals surface area (Å²) in [4.78, 5) is 23.1. The Bertz CT molecular complexity index is 815. The summed E-state index contributed by atoms with van der Waals surface area (Å²) in [6, 6.07) is 9.90. The molecule has 0 aliphatic carbocycles. The molecule has 1 N–H and O–H groups in total. The summed E-state index contributed by atoms with van der Waals surface area (Å²) < 4.78 is 0. The predicted molar refractivity (Wildman–Crippen MR) is 91.8 cm³/mol. The number of H-pyrrole nitrogens is 1. The molecule has 1 aliphatic rings. The quantitative estimate of drug-likeness (QED) is 0.796. The Kier molecular flexibility index (Phi) is 4.08. The van der Waals surface area contributed by atoms with Crippen molar-refractivity contribution in [2.24, 2.45) is 0 Å². The smallest absolute Gasteiger partial charge is 0.273 e. The first-order chi connectivity index (χ1) is 11.8. The molecular weight excluding hydrogens is 322 g/mol. The van der Waals surface area contributed by atoms with Gasteiger partial charge < -0.3 is 4.90 Å². The predicted octanol–water partition coefficient (Wildman–Crippen LogP) is 2.95. The van der Waals surface area contributed by atoms with Gasteiger partial charge in [-0.1, -0.05) is 30.3 Å². The highest BCUT2D eigenvalue weighted by molar-refractivity contribution is 7.07. The third-order valence-corrected chi connectivity index (χ3v) is 4.87. The van der Waals surface area contributed by atoms with Crippen molar-refractivity contribution in [3.63, 3.8) is 0 Å². The number of amides is 1. The van der Waals surface area contributed by atoms with E-state index < -0.39 is 0 Å². The van der Waals surface area contributed by atoms with E-state index in [9.17, 15) is 4.79 Å². The lowest BCUT2D eigenvalue weighted by atomic mass is 9.97. The van der Waals surface area contributed by atoms with Gasteiger partial charge in [-0.25, -0.2) is 9.97 Å². The first-order valence-corrected chi connectivity index (χ1v) is 8.91. The molecule has 0 saturated carbocycles. The molecule has 1 saturated heterocycles. The van der Waals surface area contributed by atoms with Gasteiger partial charge in [0, 0.05) is 30.0 Å². The lowest BCUT2D eigenvalue weighted by molar-refractivity contribution is 0.0699. The van der Waals surface area contributed by atoms with Crippen LogP contribution in [0.1, 0.15) is 35.1 Å². The molecule has 0 spiro atoms. The second-order valence-electron chi connectivity index (χ2n) is 5.87. The molecule has 4 rings (SSSR count). The first kappa shape index (κ1) is 15.0. The lowest BCUT2D eigenvalue weighted by Gasteiger charge is -2.31. The fourth-order valence-electron chi connectivity index (χ4n) is 3.04. The van der Waals surface area contributed by atoms with Crippen molar-refractivity contribution in [2.45, 2.75) is 18.8 Å². The van der Waals surface area contributed by atoms with Gasteiger partial charge in [-0.3, -0.25) is 9.89 Å². The molecule has 0 bridgehead atoms. The Hall–Kier alpha value is -2.54. The van der Waals surface area contributed by atoms with Crippen molar-refractivity contribution in [3.8, 4) is 11.4 Å². The van der Waals surface area contributed by atoms with E-state index in [-0.39, 0.29) is 11.8 Å². The summed E-state index contributed by atoms with van der Waals surface area (Å²) in [6.45, 7) is 1.42. The number of carbonyl (C=O) groups is 1. The molecule has 3 heterocycles. The Morgan fingerprint density at radius 2 is 2.17 bits per heavy atom. The van der Waals surface area contributed by atoms with Gasteiger partial charge in [0.1, 0.15) is 11.5 Å². The number of benzene rings is 1. The van der Waals surface area contributed by atoms with E-state index >= 15 is 0 Å². The van der Waals surface area contributed by atoms with Crippen LogP contribution < -0.4 is 0 Å². The van der Waals surface area contributed by atoms with Crippen molar-refractivity contribution in [1.29, 1.82) is 0 Å². The number of thiazole rings is 1. The van der Waals surface area contributed by atoms with Crippen LogP contribution in [0.3, 0.4) is 0 Å². The molecule has 1 unspecified atom stereocenters. The maximum Gasteiger partial charge on any atom is 0.273 e. The van der Waals surface area contributed by atoms with Gasteiger partial charge >= 0.3 is 0 Å². The highest BCUT2D eigenvalue weighted by Gasteiger charge is 2.28. The van der Waals surface area contributed by atoms with Crippen molar-refractivity contribution in [2.75, 3.05) is 13.1 Å². The molecule has 1 aliphatic heterocycles. The van der Waals surface area contributed by atoms with Crippen LogP contribution in [-0.4, -0.2) is 44.1 Å². The molecule has 6 nitrogen and oxygen atoms in total.